The van der Waals surface area contributed by atoms with Crippen LogP contribution in [-0.2, 0) is 0 Å². The highest BCUT2D eigenvalue weighted by atomic mass is 32.1. The molecule has 4 heteroatoms. The molecular formula is C12H16N2OS. The molecule has 0 spiro atoms. The summed E-state index contributed by atoms with van der Waals surface area (Å²) < 4.78 is 1.26. The second-order valence-corrected chi connectivity index (χ2v) is 4.97. The molecule has 1 unspecified atom stereocenters. The Morgan fingerprint density at radius 1 is 1.50 bits per heavy atom. The van der Waals surface area contributed by atoms with Crippen LogP contribution in [0.4, 0.5) is 5.82 Å². The topological polar surface area (TPSA) is 36.4 Å². The zero-order valence-corrected chi connectivity index (χ0v) is 10.4. The van der Waals surface area contributed by atoms with Crippen LogP contribution in [0.5, 0.6) is 0 Å². The molecule has 1 N–H and O–H groups in total. The number of aromatic nitrogens is 1. The molecule has 0 saturated carbocycles. The van der Waals surface area contributed by atoms with Crippen LogP contribution in [0.25, 0.3) is 10.1 Å². The smallest absolute Gasteiger partial charge is 0.136 e. The number of hydrogen-bond acceptors (Lipinski definition) is 4. The molecule has 0 radical (unpaired) electrons. The van der Waals surface area contributed by atoms with Gasteiger partial charge in [-0.2, -0.15) is 0 Å². The van der Waals surface area contributed by atoms with Crippen molar-refractivity contribution in [2.75, 3.05) is 18.5 Å². The molecule has 2 aromatic heterocycles. The average Bonchev–Trinajstić information content (AvgIpc) is 2.73. The van der Waals surface area contributed by atoms with Crippen LogP contribution in [0.2, 0.25) is 0 Å². The highest BCUT2D eigenvalue weighted by molar-refractivity contribution is 7.17. The van der Waals surface area contributed by atoms with Gasteiger partial charge in [-0.05, 0) is 30.9 Å². The van der Waals surface area contributed by atoms with Crippen molar-refractivity contribution in [3.05, 3.63) is 23.7 Å². The lowest BCUT2D eigenvalue weighted by molar-refractivity contribution is 0.187. The third kappa shape index (κ3) is 2.33. The fraction of sp³-hybridized carbons (Fsp3) is 0.417. The van der Waals surface area contributed by atoms with Gasteiger partial charge in [0.25, 0.3) is 0 Å². The molecule has 0 aromatic carbocycles. The van der Waals surface area contributed by atoms with E-state index in [9.17, 15) is 5.11 Å². The van der Waals surface area contributed by atoms with Crippen LogP contribution in [0.15, 0.2) is 23.7 Å². The van der Waals surface area contributed by atoms with Crippen molar-refractivity contribution < 1.29 is 5.11 Å². The van der Waals surface area contributed by atoms with Crippen molar-refractivity contribution >= 4 is 27.2 Å². The van der Waals surface area contributed by atoms with Gasteiger partial charge < -0.3 is 10.0 Å². The number of aliphatic hydroxyl groups excluding tert-OH is 1. The first kappa shape index (κ1) is 11.4. The Kier molecular flexibility index (Phi) is 3.41. The van der Waals surface area contributed by atoms with E-state index < -0.39 is 0 Å². The normalized spacial score (nSPS) is 12.9. The van der Waals surface area contributed by atoms with Crippen molar-refractivity contribution in [1.29, 1.82) is 0 Å². The Morgan fingerprint density at radius 2 is 2.31 bits per heavy atom. The molecule has 86 valence electrons. The maximum atomic E-state index is 9.28. The van der Waals surface area contributed by atoms with E-state index in [1.54, 1.807) is 11.3 Å². The number of pyridine rings is 1. The minimum absolute atomic E-state index is 0.260. The van der Waals surface area contributed by atoms with Gasteiger partial charge in [0.1, 0.15) is 5.82 Å². The summed E-state index contributed by atoms with van der Waals surface area (Å²) in [5.74, 6) is 0.999. The van der Waals surface area contributed by atoms with Crippen molar-refractivity contribution in [3.8, 4) is 0 Å². The van der Waals surface area contributed by atoms with Gasteiger partial charge in [0.05, 0.1) is 6.10 Å². The fourth-order valence-corrected chi connectivity index (χ4v) is 2.45. The first-order chi connectivity index (χ1) is 7.68. The average molecular weight is 236 g/mol. The lowest BCUT2D eigenvalue weighted by Gasteiger charge is -2.19. The minimum Gasteiger partial charge on any atom is -0.393 e. The molecule has 2 rings (SSSR count). The van der Waals surface area contributed by atoms with E-state index >= 15 is 0 Å². The first-order valence-electron chi connectivity index (χ1n) is 5.40. The molecule has 16 heavy (non-hydrogen) atoms. The monoisotopic (exact) mass is 236 g/mol. The molecular weight excluding hydrogens is 220 g/mol. The number of aliphatic hydroxyl groups is 1. The van der Waals surface area contributed by atoms with Crippen LogP contribution in [0, 0.1) is 0 Å². The Bertz CT molecular complexity index is 467. The third-order valence-corrected chi connectivity index (χ3v) is 3.48. The van der Waals surface area contributed by atoms with Crippen LogP contribution in [-0.4, -0.2) is 29.8 Å². The van der Waals surface area contributed by atoms with E-state index in [0.717, 1.165) is 18.8 Å². The molecule has 0 aliphatic carbocycles. The molecule has 3 nitrogen and oxygen atoms in total. The third-order valence-electron chi connectivity index (χ3n) is 2.60. The molecule has 0 fully saturated rings. The quantitative estimate of drug-likeness (QED) is 0.886. The zero-order valence-electron chi connectivity index (χ0n) is 9.55. The molecule has 0 aliphatic rings. The molecule has 0 saturated heterocycles. The van der Waals surface area contributed by atoms with Gasteiger partial charge in [-0.15, -0.1) is 11.3 Å². The molecule has 0 amide bonds. The molecule has 1 atom stereocenters. The Labute approximate surface area is 99.4 Å². The summed E-state index contributed by atoms with van der Waals surface area (Å²) in [6.07, 6.45) is 2.34. The number of thiophene rings is 1. The van der Waals surface area contributed by atoms with E-state index in [-0.39, 0.29) is 6.10 Å². The van der Waals surface area contributed by atoms with Crippen LogP contribution < -0.4 is 4.90 Å². The first-order valence-corrected chi connectivity index (χ1v) is 6.28. The van der Waals surface area contributed by atoms with Crippen LogP contribution in [0.3, 0.4) is 0 Å². The second-order valence-electron chi connectivity index (χ2n) is 4.03. The number of nitrogens with zero attached hydrogens (tertiary/aromatic N) is 2. The summed E-state index contributed by atoms with van der Waals surface area (Å²) in [6, 6.07) is 4.13. The Hall–Kier alpha value is -1.13. The summed E-state index contributed by atoms with van der Waals surface area (Å²) in [5.41, 5.74) is 0. The van der Waals surface area contributed by atoms with E-state index in [4.69, 9.17) is 0 Å². The van der Waals surface area contributed by atoms with Gasteiger partial charge >= 0.3 is 0 Å². The molecule has 2 heterocycles. The lowest BCUT2D eigenvalue weighted by Crippen LogP contribution is -2.22. The minimum atomic E-state index is -0.260. The van der Waals surface area contributed by atoms with Gasteiger partial charge in [0.2, 0.25) is 0 Å². The molecule has 0 bridgehead atoms. The molecule has 2 aromatic rings. The Morgan fingerprint density at radius 3 is 3.06 bits per heavy atom. The summed E-state index contributed by atoms with van der Waals surface area (Å²) in [7, 11) is 2.02. The summed E-state index contributed by atoms with van der Waals surface area (Å²) in [6.45, 7) is 2.63. The van der Waals surface area contributed by atoms with Crippen LogP contribution >= 0.6 is 11.3 Å². The van der Waals surface area contributed by atoms with Gasteiger partial charge in [-0.25, -0.2) is 4.98 Å². The van der Waals surface area contributed by atoms with Gasteiger partial charge in [0.15, 0.2) is 0 Å². The van der Waals surface area contributed by atoms with Gasteiger partial charge in [-0.1, -0.05) is 0 Å². The highest BCUT2D eigenvalue weighted by Gasteiger charge is 2.08. The Balaban J connectivity index is 2.22. The standard InChI is InChI=1S/C12H16N2OS/c1-9(15)4-7-14(2)12-10-5-8-16-11(10)3-6-13-12/h3,5-6,8-9,15H,4,7H2,1-2H3. The van der Waals surface area contributed by atoms with E-state index in [0.29, 0.717) is 0 Å². The van der Waals surface area contributed by atoms with Crippen molar-refractivity contribution in [2.45, 2.75) is 19.4 Å². The molecule has 0 aliphatic heterocycles. The number of rotatable bonds is 4. The van der Waals surface area contributed by atoms with Crippen LogP contribution in [0.1, 0.15) is 13.3 Å². The van der Waals surface area contributed by atoms with Gasteiger partial charge in [-0.3, -0.25) is 0 Å². The van der Waals surface area contributed by atoms with Crippen molar-refractivity contribution in [3.63, 3.8) is 0 Å². The summed E-state index contributed by atoms with van der Waals surface area (Å²) in [4.78, 5) is 6.51. The highest BCUT2D eigenvalue weighted by Crippen LogP contribution is 2.27. The lowest BCUT2D eigenvalue weighted by atomic mass is 10.2. The summed E-state index contributed by atoms with van der Waals surface area (Å²) in [5, 5.41) is 12.6. The van der Waals surface area contributed by atoms with E-state index in [2.05, 4.69) is 21.3 Å². The number of hydrogen-bond donors (Lipinski definition) is 1. The maximum absolute atomic E-state index is 9.28. The summed E-state index contributed by atoms with van der Waals surface area (Å²) >= 11 is 1.73. The second kappa shape index (κ2) is 4.80. The van der Waals surface area contributed by atoms with E-state index in [1.807, 2.05) is 26.2 Å². The van der Waals surface area contributed by atoms with Gasteiger partial charge in [0, 0.05) is 29.9 Å². The fourth-order valence-electron chi connectivity index (χ4n) is 1.67. The predicted octanol–water partition coefficient (Wildman–Crippen LogP) is 2.50. The maximum Gasteiger partial charge on any atom is 0.136 e. The van der Waals surface area contributed by atoms with Crippen molar-refractivity contribution in [2.24, 2.45) is 0 Å². The van der Waals surface area contributed by atoms with Crippen molar-refractivity contribution in [1.82, 2.24) is 4.98 Å². The number of fused-ring (bicyclic) bond motifs is 1. The predicted molar refractivity (Wildman–Crippen MR) is 69.2 cm³/mol. The zero-order chi connectivity index (χ0) is 11.5. The number of anilines is 1. The largest absolute Gasteiger partial charge is 0.393 e. The SMILES string of the molecule is CC(O)CCN(C)c1nccc2sccc12. The van der Waals surface area contributed by atoms with E-state index in [1.165, 1.54) is 10.1 Å².